The maximum atomic E-state index is 12.1. The fraction of sp³-hybridized carbons (Fsp3) is 0.500. The molecule has 1 aliphatic heterocycles. The fourth-order valence-corrected chi connectivity index (χ4v) is 6.43. The van der Waals surface area contributed by atoms with E-state index >= 15 is 0 Å². The molecule has 0 spiro atoms. The minimum Gasteiger partial charge on any atom is -0.480 e. The van der Waals surface area contributed by atoms with Gasteiger partial charge >= 0.3 is 40.9 Å². The van der Waals surface area contributed by atoms with Crippen molar-refractivity contribution in [3.63, 3.8) is 0 Å². The summed E-state index contributed by atoms with van der Waals surface area (Å²) >= 11 is 0. The lowest BCUT2D eigenvalue weighted by atomic mass is 10.2. The monoisotopic (exact) mass is 1020 g/mol. The number of carboxylic acids is 1. The van der Waals surface area contributed by atoms with E-state index in [0.717, 1.165) is 27.1 Å². The van der Waals surface area contributed by atoms with E-state index in [0.29, 0.717) is 17.8 Å². The van der Waals surface area contributed by atoms with Crippen LogP contribution in [-0.2, 0) is 96.4 Å². The van der Waals surface area contributed by atoms with Gasteiger partial charge in [-0.1, -0.05) is 0 Å². The molecule has 0 amide bonds. The molecule has 0 aliphatic carbocycles. The number of esters is 3. The highest BCUT2D eigenvalue weighted by Crippen LogP contribution is 2.17. The number of imidazole rings is 2. The number of carbonyl (C=O) groups excluding carboxylic acids is 3. The quantitative estimate of drug-likeness (QED) is 0.0893. The third kappa shape index (κ3) is 13.7. The van der Waals surface area contributed by atoms with Gasteiger partial charge in [0, 0.05) is 54.9 Å². The van der Waals surface area contributed by atoms with E-state index in [9.17, 15) is 56.4 Å². The van der Waals surface area contributed by atoms with E-state index in [4.69, 9.17) is 10.2 Å². The van der Waals surface area contributed by atoms with Crippen molar-refractivity contribution in [2.75, 3.05) is 27.6 Å². The highest BCUT2D eigenvalue weighted by atomic mass is 35.5. The third-order valence-corrected chi connectivity index (χ3v) is 10.3. The fourth-order valence-electron chi connectivity index (χ4n) is 5.83. The number of nitrogens with zero attached hydrogens (tertiary/aromatic N) is 11. The van der Waals surface area contributed by atoms with Gasteiger partial charge in [0.2, 0.25) is 0 Å². The van der Waals surface area contributed by atoms with Gasteiger partial charge in [-0.15, -0.1) is 12.4 Å². The molecule has 0 bridgehead atoms. The van der Waals surface area contributed by atoms with Gasteiger partial charge in [0.1, 0.15) is 24.0 Å². The Balaban J connectivity index is 0.000000446. The Morgan fingerprint density at radius 3 is 1.38 bits per heavy atom. The Hall–Kier alpha value is -7.31. The van der Waals surface area contributed by atoms with Crippen LogP contribution in [0.3, 0.4) is 0 Å². The van der Waals surface area contributed by atoms with E-state index in [2.05, 4.69) is 33.4 Å². The summed E-state index contributed by atoms with van der Waals surface area (Å²) in [6.07, 6.45) is 3.57. The molecule has 0 aromatic carbocycles. The number of ether oxygens (including phenoxy) is 3. The molecule has 2 N–H and O–H groups in total. The number of halogens is 1. The first-order chi connectivity index (χ1) is 31.4. The summed E-state index contributed by atoms with van der Waals surface area (Å²) in [6.45, 7) is 5.68. The molecular formula is C38H54ClN11O18S. The van der Waals surface area contributed by atoms with E-state index in [-0.39, 0.29) is 46.0 Å². The molecule has 6 heterocycles. The second-order valence-electron chi connectivity index (χ2n) is 14.5. The zero-order valence-corrected chi connectivity index (χ0v) is 41.5. The number of fused-ring (bicyclic) bond motifs is 3. The van der Waals surface area contributed by atoms with Crippen LogP contribution in [0.5, 0.6) is 0 Å². The van der Waals surface area contributed by atoms with Crippen molar-refractivity contribution in [2.45, 2.75) is 58.4 Å². The molecule has 1 aliphatic rings. The largest absolute Gasteiger partial charge is 0.480 e. The van der Waals surface area contributed by atoms with Crippen molar-refractivity contribution >= 4 is 80.8 Å². The SMILES string of the molecule is COC(=O)[C@@H](C)O.COC(=O)[C@@H](C)OS(C)(=O)=O.COC(=O)[C@H](C)n1cnc2c1c(=O)n(C)c(=O)n2C.C[C@@H](C(=O)O)n1cnc2c1c(=O)n(C)c(=O)n2C.Cl.Cn1c2c(c(=O)n(C)c1=O)CC=N2. The molecule has 0 radical (unpaired) electrons. The summed E-state index contributed by atoms with van der Waals surface area (Å²) < 4.78 is 47.7. The molecule has 0 fully saturated rings. The van der Waals surface area contributed by atoms with Crippen molar-refractivity contribution in [2.24, 2.45) is 47.3 Å². The van der Waals surface area contributed by atoms with Crippen LogP contribution in [0.15, 0.2) is 46.4 Å². The second kappa shape index (κ2) is 24.6. The molecule has 69 heavy (non-hydrogen) atoms. The third-order valence-electron chi connectivity index (χ3n) is 9.71. The van der Waals surface area contributed by atoms with E-state index in [1.807, 2.05) is 0 Å². The van der Waals surface area contributed by atoms with Crippen LogP contribution in [0.2, 0.25) is 0 Å². The van der Waals surface area contributed by atoms with Crippen LogP contribution in [0, 0.1) is 0 Å². The number of aromatic nitrogens is 10. The molecule has 5 aromatic heterocycles. The van der Waals surface area contributed by atoms with Crippen LogP contribution in [0.1, 0.15) is 45.3 Å². The number of rotatable bonds is 8. The smallest absolute Gasteiger partial charge is 0.336 e. The van der Waals surface area contributed by atoms with Gasteiger partial charge in [0.25, 0.3) is 26.8 Å². The highest BCUT2D eigenvalue weighted by Gasteiger charge is 2.24. The summed E-state index contributed by atoms with van der Waals surface area (Å²) in [5, 5.41) is 17.3. The Morgan fingerprint density at radius 1 is 0.623 bits per heavy atom. The normalized spacial score (nSPS) is 12.9. The van der Waals surface area contributed by atoms with Crippen molar-refractivity contribution in [1.29, 1.82) is 0 Å². The lowest BCUT2D eigenvalue weighted by molar-refractivity contribution is -0.149. The first kappa shape index (κ1) is 59.7. The van der Waals surface area contributed by atoms with Gasteiger partial charge < -0.3 is 33.6 Å². The summed E-state index contributed by atoms with van der Waals surface area (Å²) in [4.78, 5) is 126. The van der Waals surface area contributed by atoms with Gasteiger partial charge in [-0.05, 0) is 27.7 Å². The number of aliphatic imine (C=N–C) groups is 1. The lowest BCUT2D eigenvalue weighted by Crippen LogP contribution is -2.38. The number of methoxy groups -OCH3 is 3. The molecule has 6 rings (SSSR count). The maximum absolute atomic E-state index is 12.1. The average molecular weight is 1020 g/mol. The van der Waals surface area contributed by atoms with Gasteiger partial charge in [-0.2, -0.15) is 8.42 Å². The number of aryl methyl sites for hydroxylation is 2. The van der Waals surface area contributed by atoms with Gasteiger partial charge in [-0.25, -0.2) is 48.5 Å². The van der Waals surface area contributed by atoms with Crippen molar-refractivity contribution in [3.05, 3.63) is 80.7 Å². The molecule has 5 aromatic rings. The molecule has 0 saturated carbocycles. The topological polar surface area (TPSA) is 360 Å². The summed E-state index contributed by atoms with van der Waals surface area (Å²) in [5.74, 6) is -2.39. The van der Waals surface area contributed by atoms with Gasteiger partial charge in [0.15, 0.2) is 28.4 Å². The zero-order chi connectivity index (χ0) is 52.4. The number of aliphatic hydroxyl groups excluding tert-OH is 1. The summed E-state index contributed by atoms with van der Waals surface area (Å²) in [5.41, 5.74) is -1.26. The Morgan fingerprint density at radius 2 is 1.01 bits per heavy atom. The van der Waals surface area contributed by atoms with Crippen LogP contribution in [0.4, 0.5) is 5.82 Å². The average Bonchev–Trinajstić information content (AvgIpc) is 4.09. The highest BCUT2D eigenvalue weighted by molar-refractivity contribution is 7.86. The Kier molecular flexibility index (Phi) is 21.3. The number of aliphatic carboxylic acids is 1. The Labute approximate surface area is 396 Å². The van der Waals surface area contributed by atoms with E-state index in [1.54, 1.807) is 20.2 Å². The zero-order valence-electron chi connectivity index (χ0n) is 39.9. The predicted molar refractivity (Wildman–Crippen MR) is 247 cm³/mol. The van der Waals surface area contributed by atoms with Crippen molar-refractivity contribution < 1.29 is 56.2 Å². The van der Waals surface area contributed by atoms with Crippen molar-refractivity contribution in [1.82, 2.24) is 46.5 Å². The first-order valence-electron chi connectivity index (χ1n) is 19.5. The molecule has 4 atom stereocenters. The van der Waals surface area contributed by atoms with Crippen LogP contribution in [0.25, 0.3) is 22.3 Å². The molecule has 29 nitrogen and oxygen atoms in total. The van der Waals surface area contributed by atoms with Gasteiger partial charge in [0.05, 0.1) is 45.8 Å². The minimum atomic E-state index is -3.58. The standard InChI is InChI=1S/C11H14N4O4.C10H12N4O4.C8H9N3O2.C5H10O5S.C4H8O3.ClH/c1-6(10(17)19-4)15-5-12-8-7(15)9(16)14(3)11(18)13(8)2;1-5(9(16)17)14-4-11-7-6(14)8(15)13(3)10(18)12(7)2;1-10-6-5(3-4-9-6)7(12)11(2)8(10)13;1-4(5(6)9-2)10-11(3,7)8;1-3(5)4(6)7-2;/h5-6H,1-4H3;4-5H,1-3H3,(H,16,17);4H,3H2,1-2H3;4H,1-3H3;3,5H,1-2H3;1H/t6-;5-;;4-;3-;/m00.11./s1. The van der Waals surface area contributed by atoms with E-state index < -0.39 is 80.8 Å². The maximum Gasteiger partial charge on any atom is 0.336 e. The number of hydrogen-bond donors (Lipinski definition) is 2. The Bertz CT molecular complexity index is 3240. The number of hydrogen-bond acceptors (Lipinski definition) is 20. The van der Waals surface area contributed by atoms with Crippen molar-refractivity contribution in [3.8, 4) is 0 Å². The van der Waals surface area contributed by atoms with Crippen LogP contribution in [-0.4, -0.2) is 135 Å². The predicted octanol–water partition coefficient (Wildman–Crippen LogP) is -2.92. The minimum absolute atomic E-state index is 0. The number of carboxylic acid groups (broad SMARTS) is 1. The number of aliphatic hydroxyl groups is 1. The summed E-state index contributed by atoms with van der Waals surface area (Å²) in [6, 6.07) is -1.62. The van der Waals surface area contributed by atoms with Crippen LogP contribution < -0.4 is 33.7 Å². The van der Waals surface area contributed by atoms with Crippen LogP contribution >= 0.6 is 12.4 Å². The molecular weight excluding hydrogens is 966 g/mol. The molecule has 31 heteroatoms. The lowest BCUT2D eigenvalue weighted by Gasteiger charge is -2.12. The molecule has 0 saturated heterocycles. The van der Waals surface area contributed by atoms with E-state index in [1.165, 1.54) is 106 Å². The number of carbonyl (C=O) groups is 4. The summed E-state index contributed by atoms with van der Waals surface area (Å²) in [7, 11) is 8.89. The first-order valence-corrected chi connectivity index (χ1v) is 21.3. The second-order valence-corrected chi connectivity index (χ2v) is 16.1. The molecule has 0 unspecified atom stereocenters. The van der Waals surface area contributed by atoms with Gasteiger partial charge in [-0.3, -0.25) is 46.0 Å². The molecule has 382 valence electrons.